The van der Waals surface area contributed by atoms with Crippen LogP contribution in [0.2, 0.25) is 0 Å². The van der Waals surface area contributed by atoms with Crippen molar-refractivity contribution in [2.45, 2.75) is 52.5 Å². The van der Waals surface area contributed by atoms with Crippen molar-refractivity contribution in [1.29, 1.82) is 0 Å². The van der Waals surface area contributed by atoms with Gasteiger partial charge < -0.3 is 5.73 Å². The van der Waals surface area contributed by atoms with Gasteiger partial charge in [0.25, 0.3) is 0 Å². The Balaban J connectivity index is 2.36. The van der Waals surface area contributed by atoms with Crippen molar-refractivity contribution in [1.82, 2.24) is 0 Å². The largest absolute Gasteiger partial charge is 0.324 e. The Morgan fingerprint density at radius 3 is 1.86 bits per heavy atom. The van der Waals surface area contributed by atoms with Gasteiger partial charge in [-0.3, -0.25) is 0 Å². The van der Waals surface area contributed by atoms with E-state index in [9.17, 15) is 0 Å². The van der Waals surface area contributed by atoms with Crippen LogP contribution < -0.4 is 5.73 Å². The van der Waals surface area contributed by atoms with E-state index in [-0.39, 0.29) is 6.04 Å². The van der Waals surface area contributed by atoms with Crippen LogP contribution in [0.4, 0.5) is 0 Å². The zero-order valence-electron chi connectivity index (χ0n) is 13.5. The van der Waals surface area contributed by atoms with Gasteiger partial charge in [0.1, 0.15) is 0 Å². The van der Waals surface area contributed by atoms with E-state index in [1.54, 1.807) is 0 Å². The van der Waals surface area contributed by atoms with Gasteiger partial charge in [-0.15, -0.1) is 0 Å². The molecule has 0 amide bonds. The summed E-state index contributed by atoms with van der Waals surface area (Å²) >= 11 is 0. The highest BCUT2D eigenvalue weighted by atomic mass is 14.6. The third kappa shape index (κ3) is 3.74. The minimum absolute atomic E-state index is 0.0863. The summed E-state index contributed by atoms with van der Waals surface area (Å²) < 4.78 is 0. The first kappa shape index (κ1) is 15.8. The zero-order valence-corrected chi connectivity index (χ0v) is 13.5. The van der Waals surface area contributed by atoms with Crippen LogP contribution >= 0.6 is 0 Å². The van der Waals surface area contributed by atoms with Gasteiger partial charge in [0.05, 0.1) is 0 Å². The monoisotopic (exact) mass is 281 g/mol. The highest BCUT2D eigenvalue weighted by molar-refractivity contribution is 5.42. The first-order valence-electron chi connectivity index (χ1n) is 8.13. The number of benzene rings is 2. The van der Waals surface area contributed by atoms with Crippen LogP contribution in [-0.4, -0.2) is 0 Å². The van der Waals surface area contributed by atoms with Gasteiger partial charge in [0.15, 0.2) is 0 Å². The van der Waals surface area contributed by atoms with E-state index in [1.165, 1.54) is 27.8 Å². The maximum Gasteiger partial charge on any atom is 0.0341 e. The van der Waals surface area contributed by atoms with E-state index >= 15 is 0 Å². The van der Waals surface area contributed by atoms with Crippen molar-refractivity contribution < 1.29 is 0 Å². The second-order valence-electron chi connectivity index (χ2n) is 5.68. The van der Waals surface area contributed by atoms with Gasteiger partial charge in [-0.1, -0.05) is 63.2 Å². The topological polar surface area (TPSA) is 26.0 Å². The molecule has 1 atom stereocenters. The molecule has 0 aliphatic carbocycles. The third-order valence-corrected chi connectivity index (χ3v) is 4.25. The molecule has 21 heavy (non-hydrogen) atoms. The van der Waals surface area contributed by atoms with Crippen LogP contribution in [0, 0.1) is 0 Å². The number of hydrogen-bond donors (Lipinski definition) is 1. The molecule has 0 aromatic heterocycles. The molecule has 0 radical (unpaired) electrons. The van der Waals surface area contributed by atoms with Gasteiger partial charge in [-0.25, -0.2) is 0 Å². The zero-order chi connectivity index (χ0) is 15.2. The van der Waals surface area contributed by atoms with Gasteiger partial charge in [0.2, 0.25) is 0 Å². The maximum absolute atomic E-state index is 6.57. The fraction of sp³-hybridized carbons (Fsp3) is 0.400. The van der Waals surface area contributed by atoms with Crippen LogP contribution in [0.15, 0.2) is 42.5 Å². The Labute approximate surface area is 129 Å². The maximum atomic E-state index is 6.57. The Morgan fingerprint density at radius 1 is 0.810 bits per heavy atom. The van der Waals surface area contributed by atoms with Crippen LogP contribution in [0.25, 0.3) is 0 Å². The Morgan fingerprint density at radius 2 is 1.38 bits per heavy atom. The molecule has 0 heterocycles. The molecular formula is C20H27N. The molecular weight excluding hydrogens is 254 g/mol. The molecule has 0 spiro atoms. The first-order valence-corrected chi connectivity index (χ1v) is 8.13. The SMILES string of the molecule is CCc1cc(CC)c(C(N)Cc2ccccc2)c(CC)c1. The molecule has 1 heteroatoms. The van der Waals surface area contributed by atoms with E-state index in [0.717, 1.165) is 25.7 Å². The first-order chi connectivity index (χ1) is 10.2. The smallest absolute Gasteiger partial charge is 0.0341 e. The van der Waals surface area contributed by atoms with Gasteiger partial charge >= 0.3 is 0 Å². The molecule has 0 saturated heterocycles. The lowest BCUT2D eigenvalue weighted by Gasteiger charge is -2.21. The Bertz CT molecular complexity index is 547. The fourth-order valence-corrected chi connectivity index (χ4v) is 3.09. The minimum atomic E-state index is 0.0863. The lowest BCUT2D eigenvalue weighted by Crippen LogP contribution is -2.18. The molecule has 2 rings (SSSR count). The normalized spacial score (nSPS) is 12.4. The van der Waals surface area contributed by atoms with Crippen molar-refractivity contribution in [3.05, 3.63) is 70.3 Å². The Hall–Kier alpha value is -1.60. The molecule has 0 bridgehead atoms. The van der Waals surface area contributed by atoms with Crippen LogP contribution in [-0.2, 0) is 25.7 Å². The van der Waals surface area contributed by atoms with Crippen molar-refractivity contribution in [2.75, 3.05) is 0 Å². The van der Waals surface area contributed by atoms with Crippen molar-refractivity contribution in [3.8, 4) is 0 Å². The average molecular weight is 281 g/mol. The fourth-order valence-electron chi connectivity index (χ4n) is 3.09. The lowest BCUT2D eigenvalue weighted by molar-refractivity contribution is 0.700. The summed E-state index contributed by atoms with van der Waals surface area (Å²) in [5.74, 6) is 0. The third-order valence-electron chi connectivity index (χ3n) is 4.25. The van der Waals surface area contributed by atoms with E-state index < -0.39 is 0 Å². The molecule has 0 aliphatic rings. The van der Waals surface area contributed by atoms with Crippen molar-refractivity contribution in [2.24, 2.45) is 5.73 Å². The highest BCUT2D eigenvalue weighted by Crippen LogP contribution is 2.27. The molecule has 0 saturated carbocycles. The van der Waals surface area contributed by atoms with E-state index in [4.69, 9.17) is 5.73 Å². The highest BCUT2D eigenvalue weighted by Gasteiger charge is 2.16. The minimum Gasteiger partial charge on any atom is -0.324 e. The summed E-state index contributed by atoms with van der Waals surface area (Å²) in [7, 11) is 0. The van der Waals surface area contributed by atoms with Crippen LogP contribution in [0.3, 0.4) is 0 Å². The van der Waals surface area contributed by atoms with Gasteiger partial charge in [-0.2, -0.15) is 0 Å². The van der Waals surface area contributed by atoms with Crippen LogP contribution in [0.5, 0.6) is 0 Å². The number of hydrogen-bond acceptors (Lipinski definition) is 1. The summed E-state index contributed by atoms with van der Waals surface area (Å²) in [5.41, 5.74) is 13.5. The standard InChI is InChI=1S/C20H27N/c1-4-15-12-17(5-2)20(18(6-3)13-15)19(21)14-16-10-8-7-9-11-16/h7-13,19H,4-6,14,21H2,1-3H3. The molecule has 0 fully saturated rings. The molecule has 2 aromatic carbocycles. The molecule has 1 unspecified atom stereocenters. The predicted octanol–water partition coefficient (Wildman–Crippen LogP) is 4.62. The molecule has 2 N–H and O–H groups in total. The summed E-state index contributed by atoms with van der Waals surface area (Å²) in [5, 5.41) is 0. The van der Waals surface area contributed by atoms with Gasteiger partial charge in [0, 0.05) is 6.04 Å². The molecule has 2 aromatic rings. The van der Waals surface area contributed by atoms with E-state index in [2.05, 4.69) is 63.2 Å². The van der Waals surface area contributed by atoms with Crippen LogP contribution in [0.1, 0.15) is 54.6 Å². The number of aryl methyl sites for hydroxylation is 3. The summed E-state index contributed by atoms with van der Waals surface area (Å²) in [6.07, 6.45) is 4.11. The van der Waals surface area contributed by atoms with Gasteiger partial charge in [-0.05, 0) is 53.5 Å². The average Bonchev–Trinajstić information content (AvgIpc) is 2.54. The Kier molecular flexibility index (Phi) is 5.58. The summed E-state index contributed by atoms with van der Waals surface area (Å²) in [6, 6.07) is 15.3. The van der Waals surface area contributed by atoms with E-state index in [1.807, 2.05) is 0 Å². The quantitative estimate of drug-likeness (QED) is 0.821. The molecule has 1 nitrogen and oxygen atoms in total. The second kappa shape index (κ2) is 7.42. The second-order valence-corrected chi connectivity index (χ2v) is 5.68. The molecule has 0 aliphatic heterocycles. The van der Waals surface area contributed by atoms with Crippen molar-refractivity contribution in [3.63, 3.8) is 0 Å². The number of nitrogens with two attached hydrogens (primary N) is 1. The summed E-state index contributed by atoms with van der Waals surface area (Å²) in [6.45, 7) is 6.68. The number of rotatable bonds is 6. The lowest BCUT2D eigenvalue weighted by atomic mass is 9.87. The van der Waals surface area contributed by atoms with E-state index in [0.29, 0.717) is 0 Å². The summed E-state index contributed by atoms with van der Waals surface area (Å²) in [4.78, 5) is 0. The molecule has 112 valence electrons. The van der Waals surface area contributed by atoms with Crippen molar-refractivity contribution >= 4 is 0 Å². The predicted molar refractivity (Wildman–Crippen MR) is 91.7 cm³/mol.